The molecule has 3 heterocycles. The Bertz CT molecular complexity index is 992. The van der Waals surface area contributed by atoms with Crippen LogP contribution in [0.25, 0.3) is 5.65 Å². The number of aryl methyl sites for hydroxylation is 1. The van der Waals surface area contributed by atoms with Crippen LogP contribution >= 0.6 is 24.8 Å². The molecule has 1 fully saturated rings. The molecule has 1 N–H and O–H groups in total. The number of carbonyl (C=O) groups is 1. The van der Waals surface area contributed by atoms with Gasteiger partial charge in [-0.1, -0.05) is 18.2 Å². The van der Waals surface area contributed by atoms with Crippen LogP contribution in [0.5, 0.6) is 5.75 Å². The molecule has 6 nitrogen and oxygen atoms in total. The highest BCUT2D eigenvalue weighted by Crippen LogP contribution is 2.23. The molecule has 1 aliphatic rings. The van der Waals surface area contributed by atoms with Crippen molar-refractivity contribution in [3.8, 4) is 5.75 Å². The van der Waals surface area contributed by atoms with Gasteiger partial charge < -0.3 is 19.4 Å². The number of halogens is 2. The lowest BCUT2D eigenvalue weighted by Gasteiger charge is -2.33. The van der Waals surface area contributed by atoms with Crippen molar-refractivity contribution < 1.29 is 9.53 Å². The second-order valence-electron chi connectivity index (χ2n) is 7.37. The highest BCUT2D eigenvalue weighted by Gasteiger charge is 2.25. The van der Waals surface area contributed by atoms with Gasteiger partial charge in [0.15, 0.2) is 0 Å². The fourth-order valence-corrected chi connectivity index (χ4v) is 3.71. The van der Waals surface area contributed by atoms with Crippen LogP contribution in [-0.2, 0) is 6.61 Å². The first-order valence-corrected chi connectivity index (χ1v) is 9.76. The Balaban J connectivity index is 0.00000160. The Morgan fingerprint density at radius 1 is 1.20 bits per heavy atom. The maximum Gasteiger partial charge on any atom is 0.257 e. The molecule has 2 aromatic heterocycles. The van der Waals surface area contributed by atoms with E-state index in [1.165, 1.54) is 5.56 Å². The number of carbonyl (C=O) groups excluding carboxylic acids is 1. The molecule has 8 heteroatoms. The third kappa shape index (κ3) is 5.25. The molecule has 3 aromatic rings. The fourth-order valence-electron chi connectivity index (χ4n) is 3.71. The van der Waals surface area contributed by atoms with E-state index in [0.717, 1.165) is 37.3 Å². The van der Waals surface area contributed by atoms with Crippen LogP contribution in [0.3, 0.4) is 0 Å². The zero-order valence-electron chi connectivity index (χ0n) is 17.2. The van der Waals surface area contributed by atoms with Crippen LogP contribution in [-0.4, -0.2) is 46.4 Å². The summed E-state index contributed by atoms with van der Waals surface area (Å²) in [4.78, 5) is 19.6. The first-order valence-electron chi connectivity index (χ1n) is 9.76. The Hall–Kier alpha value is -2.28. The van der Waals surface area contributed by atoms with Gasteiger partial charge in [0.05, 0.1) is 11.3 Å². The Labute approximate surface area is 189 Å². The number of pyridine rings is 1. The van der Waals surface area contributed by atoms with Gasteiger partial charge in [-0.05, 0) is 50.6 Å². The number of imidazole rings is 1. The zero-order chi connectivity index (χ0) is 19.5. The fraction of sp³-hybridized carbons (Fsp3) is 0.364. The number of hydrogen-bond donors (Lipinski definition) is 1. The number of piperidine rings is 1. The predicted octanol–water partition coefficient (Wildman–Crippen LogP) is 3.89. The molecule has 0 spiro atoms. The number of likely N-dealkylation sites (N-methyl/N-ethyl adjacent to an activating group) is 1. The van der Waals surface area contributed by atoms with Gasteiger partial charge in [-0.25, -0.2) is 4.98 Å². The van der Waals surface area contributed by atoms with E-state index >= 15 is 0 Å². The van der Waals surface area contributed by atoms with Crippen molar-refractivity contribution in [2.75, 3.05) is 20.1 Å². The van der Waals surface area contributed by atoms with Gasteiger partial charge in [-0.3, -0.25) is 4.79 Å². The molecule has 1 atom stereocenters. The summed E-state index contributed by atoms with van der Waals surface area (Å²) in [7, 11) is 1.95. The number of nitrogens with one attached hydrogen (secondary N) is 1. The molecule has 1 amide bonds. The summed E-state index contributed by atoms with van der Waals surface area (Å²) in [5, 5.41) is 3.28. The number of benzene rings is 1. The van der Waals surface area contributed by atoms with Crippen LogP contribution in [0.2, 0.25) is 0 Å². The largest absolute Gasteiger partial charge is 0.486 e. The van der Waals surface area contributed by atoms with Crippen molar-refractivity contribution in [2.45, 2.75) is 32.4 Å². The number of fused-ring (bicyclic) bond motifs is 1. The molecular weight excluding hydrogens is 423 g/mol. The molecule has 4 rings (SSSR count). The Morgan fingerprint density at radius 3 is 2.80 bits per heavy atom. The van der Waals surface area contributed by atoms with Gasteiger partial charge in [0, 0.05) is 31.5 Å². The second-order valence-corrected chi connectivity index (χ2v) is 7.37. The van der Waals surface area contributed by atoms with Crippen molar-refractivity contribution in [2.24, 2.45) is 0 Å². The summed E-state index contributed by atoms with van der Waals surface area (Å²) in [5.41, 5.74) is 3.51. The maximum atomic E-state index is 13.1. The number of aromatic nitrogens is 2. The van der Waals surface area contributed by atoms with Gasteiger partial charge in [0.1, 0.15) is 18.0 Å². The molecule has 1 aliphatic heterocycles. The van der Waals surface area contributed by atoms with E-state index in [4.69, 9.17) is 4.74 Å². The third-order valence-electron chi connectivity index (χ3n) is 5.26. The maximum absolute atomic E-state index is 13.1. The number of hydrogen-bond acceptors (Lipinski definition) is 4. The van der Waals surface area contributed by atoms with Gasteiger partial charge in [-0.15, -0.1) is 24.8 Å². The van der Waals surface area contributed by atoms with E-state index in [0.29, 0.717) is 24.0 Å². The smallest absolute Gasteiger partial charge is 0.257 e. The highest BCUT2D eigenvalue weighted by atomic mass is 35.5. The van der Waals surface area contributed by atoms with Gasteiger partial charge >= 0.3 is 0 Å². The Morgan fingerprint density at radius 2 is 2.00 bits per heavy atom. The number of rotatable bonds is 5. The molecule has 0 bridgehead atoms. The van der Waals surface area contributed by atoms with Crippen LogP contribution < -0.4 is 10.1 Å². The van der Waals surface area contributed by atoms with E-state index in [2.05, 4.69) is 17.2 Å². The summed E-state index contributed by atoms with van der Waals surface area (Å²) in [6.07, 6.45) is 6.12. The van der Waals surface area contributed by atoms with Crippen LogP contribution in [0.15, 0.2) is 48.8 Å². The summed E-state index contributed by atoms with van der Waals surface area (Å²) in [5.74, 6) is 0.633. The number of nitrogens with zero attached hydrogens (tertiary/aromatic N) is 3. The van der Waals surface area contributed by atoms with Crippen LogP contribution in [0.4, 0.5) is 0 Å². The van der Waals surface area contributed by atoms with Crippen LogP contribution in [0.1, 0.15) is 34.5 Å². The average molecular weight is 451 g/mol. The van der Waals surface area contributed by atoms with Crippen LogP contribution in [0, 0.1) is 6.92 Å². The predicted molar refractivity (Wildman–Crippen MR) is 123 cm³/mol. The molecule has 1 aromatic carbocycles. The quantitative estimate of drug-likeness (QED) is 0.640. The average Bonchev–Trinajstić information content (AvgIpc) is 3.14. The van der Waals surface area contributed by atoms with E-state index in [9.17, 15) is 4.79 Å². The normalized spacial score (nSPS) is 15.9. The van der Waals surface area contributed by atoms with Crippen molar-refractivity contribution in [3.05, 3.63) is 65.6 Å². The summed E-state index contributed by atoms with van der Waals surface area (Å²) in [6, 6.07) is 11.9. The zero-order valence-corrected chi connectivity index (χ0v) is 18.8. The Kier molecular flexibility index (Phi) is 8.53. The van der Waals surface area contributed by atoms with E-state index < -0.39 is 0 Å². The molecule has 1 unspecified atom stereocenters. The van der Waals surface area contributed by atoms with E-state index in [-0.39, 0.29) is 30.7 Å². The molecule has 1 saturated heterocycles. The van der Waals surface area contributed by atoms with Crippen molar-refractivity contribution in [1.29, 1.82) is 0 Å². The van der Waals surface area contributed by atoms with Gasteiger partial charge in [0.25, 0.3) is 5.91 Å². The minimum absolute atomic E-state index is 0. The van der Waals surface area contributed by atoms with Gasteiger partial charge in [-0.2, -0.15) is 0 Å². The molecule has 0 saturated carbocycles. The third-order valence-corrected chi connectivity index (χ3v) is 5.26. The summed E-state index contributed by atoms with van der Waals surface area (Å²) < 4.78 is 8.01. The molecule has 162 valence electrons. The lowest BCUT2D eigenvalue weighted by molar-refractivity contribution is 0.0693. The lowest BCUT2D eigenvalue weighted by Crippen LogP contribution is -2.47. The highest BCUT2D eigenvalue weighted by molar-refractivity contribution is 5.97. The SMILES string of the molecule is CNC1CCCN(C(=O)c2ccccc2OCc2cn3cc(C)ccc3n2)C1.Cl.Cl. The van der Waals surface area contributed by atoms with E-state index in [1.54, 1.807) is 0 Å². The monoisotopic (exact) mass is 450 g/mol. The molecule has 30 heavy (non-hydrogen) atoms. The number of para-hydroxylation sites is 1. The summed E-state index contributed by atoms with van der Waals surface area (Å²) in [6.45, 7) is 3.90. The number of amides is 1. The minimum atomic E-state index is 0. The van der Waals surface area contributed by atoms with E-state index in [1.807, 2.05) is 65.1 Å². The number of likely N-dealkylation sites (tertiary alicyclic amines) is 1. The summed E-state index contributed by atoms with van der Waals surface area (Å²) >= 11 is 0. The second kappa shape index (κ2) is 10.7. The first-order chi connectivity index (χ1) is 13.6. The number of ether oxygens (including phenoxy) is 1. The van der Waals surface area contributed by atoms with Gasteiger partial charge in [0.2, 0.25) is 0 Å². The topological polar surface area (TPSA) is 58.9 Å². The minimum Gasteiger partial charge on any atom is -0.486 e. The molecule has 0 radical (unpaired) electrons. The standard InChI is InChI=1S/C22H26N4O2.2ClH/c1-16-9-10-21-24-18(14-26(21)12-16)15-28-20-8-4-3-7-19(20)22(27)25-11-5-6-17(13-25)23-2;;/h3-4,7-10,12,14,17,23H,5-6,11,13,15H2,1-2H3;2*1H. The lowest BCUT2D eigenvalue weighted by atomic mass is 10.0. The first kappa shape index (κ1) is 24.0. The molecular formula is C22H28Cl2N4O2. The molecule has 0 aliphatic carbocycles. The van der Waals surface area contributed by atoms with Crippen molar-refractivity contribution >= 4 is 36.4 Å². The van der Waals surface area contributed by atoms with Crippen molar-refractivity contribution in [1.82, 2.24) is 19.6 Å². The van der Waals surface area contributed by atoms with Crippen molar-refractivity contribution in [3.63, 3.8) is 0 Å².